The van der Waals surface area contributed by atoms with Crippen LogP contribution in [0.15, 0.2) is 0 Å². The fourth-order valence-electron chi connectivity index (χ4n) is 1.90. The Kier molecular flexibility index (Phi) is 4.80. The van der Waals surface area contributed by atoms with Gasteiger partial charge in [-0.05, 0) is 19.3 Å². The molecule has 0 bridgehead atoms. The van der Waals surface area contributed by atoms with Gasteiger partial charge in [0.15, 0.2) is 0 Å². The molecule has 0 aromatic carbocycles. The minimum absolute atomic E-state index is 0.333. The van der Waals surface area contributed by atoms with Crippen LogP contribution in [0.3, 0.4) is 0 Å². The Bertz CT molecular complexity index is 262. The van der Waals surface area contributed by atoms with Crippen LogP contribution in [0.5, 0.6) is 0 Å². The van der Waals surface area contributed by atoms with Crippen molar-refractivity contribution in [3.8, 4) is 6.07 Å². The smallest absolute Gasteiger partial charge is 0.324 e. The maximum atomic E-state index is 11.2. The Balaban J connectivity index is 5.18. The van der Waals surface area contributed by atoms with Crippen molar-refractivity contribution in [2.24, 2.45) is 5.41 Å². The quantitative estimate of drug-likeness (QED) is 0.695. The number of nitrogens with zero attached hydrogens (tertiary/aromatic N) is 1. The summed E-state index contributed by atoms with van der Waals surface area (Å²) >= 11 is 0. The topological polar surface area (TPSA) is 81.3 Å². The zero-order valence-corrected chi connectivity index (χ0v) is 9.79. The van der Waals surface area contributed by atoms with E-state index in [1.54, 1.807) is 20.8 Å². The molecule has 0 aliphatic rings. The molecule has 82 valence electrons. The van der Waals surface area contributed by atoms with Crippen molar-refractivity contribution in [2.75, 3.05) is 0 Å². The maximum absolute atomic E-state index is 11.2. The third-order valence-electron chi connectivity index (χ3n) is 2.92. The lowest BCUT2D eigenvalue weighted by molar-refractivity contribution is 0.274. The molecule has 14 heavy (non-hydrogen) atoms. The number of hydrogen-bond donors (Lipinski definition) is 2. The highest BCUT2D eigenvalue weighted by Gasteiger charge is 2.44. The van der Waals surface area contributed by atoms with Gasteiger partial charge in [-0.25, -0.2) is 0 Å². The van der Waals surface area contributed by atoms with Crippen LogP contribution in [0.4, 0.5) is 0 Å². The van der Waals surface area contributed by atoms with Crippen LogP contribution in [0.2, 0.25) is 0 Å². The van der Waals surface area contributed by atoms with E-state index < -0.39 is 18.7 Å². The van der Waals surface area contributed by atoms with Crippen molar-refractivity contribution in [2.45, 2.75) is 45.7 Å². The second kappa shape index (κ2) is 4.93. The van der Waals surface area contributed by atoms with Crippen molar-refractivity contribution in [1.29, 1.82) is 5.26 Å². The summed E-state index contributed by atoms with van der Waals surface area (Å²) < 4.78 is 11.2. The lowest BCUT2D eigenvalue weighted by Gasteiger charge is -2.32. The van der Waals surface area contributed by atoms with Gasteiger partial charge >= 0.3 is 7.60 Å². The minimum Gasteiger partial charge on any atom is -0.324 e. The molecule has 1 atom stereocenters. The first kappa shape index (κ1) is 13.6. The van der Waals surface area contributed by atoms with Gasteiger partial charge in [0.1, 0.15) is 0 Å². The van der Waals surface area contributed by atoms with E-state index >= 15 is 0 Å². The van der Waals surface area contributed by atoms with Gasteiger partial charge in [0.25, 0.3) is 0 Å². The fraction of sp³-hybridized carbons (Fsp3) is 0.889. The van der Waals surface area contributed by atoms with Gasteiger partial charge < -0.3 is 9.79 Å². The summed E-state index contributed by atoms with van der Waals surface area (Å²) in [7, 11) is -4.17. The second-order valence-electron chi connectivity index (χ2n) is 3.49. The van der Waals surface area contributed by atoms with Gasteiger partial charge in [-0.15, -0.1) is 0 Å². The fourth-order valence-corrected chi connectivity index (χ4v) is 3.45. The molecule has 0 rings (SSSR count). The molecule has 4 nitrogen and oxygen atoms in total. The molecule has 0 heterocycles. The Hall–Kier alpha value is -0.360. The third kappa shape index (κ3) is 2.57. The Morgan fingerprint density at radius 1 is 1.36 bits per heavy atom. The molecule has 0 fully saturated rings. The van der Waals surface area contributed by atoms with Crippen LogP contribution in [0, 0.1) is 16.7 Å². The van der Waals surface area contributed by atoms with Crippen LogP contribution in [0.25, 0.3) is 0 Å². The summed E-state index contributed by atoms with van der Waals surface area (Å²) in [4.78, 5) is 18.3. The Labute approximate surface area is 85.1 Å². The first-order valence-electron chi connectivity index (χ1n) is 4.84. The highest BCUT2D eigenvalue weighted by atomic mass is 31.2. The number of hydrogen-bond acceptors (Lipinski definition) is 2. The van der Waals surface area contributed by atoms with Gasteiger partial charge in [0, 0.05) is 0 Å². The van der Waals surface area contributed by atoms with Crippen LogP contribution >= 0.6 is 7.60 Å². The predicted molar refractivity (Wildman–Crippen MR) is 54.8 cm³/mol. The molecule has 0 aliphatic carbocycles. The molecule has 0 amide bonds. The highest BCUT2D eigenvalue weighted by Crippen LogP contribution is 2.53. The number of rotatable bonds is 5. The molecule has 0 aromatic rings. The van der Waals surface area contributed by atoms with E-state index in [2.05, 4.69) is 6.07 Å². The van der Waals surface area contributed by atoms with E-state index in [4.69, 9.17) is 15.0 Å². The molecule has 2 N–H and O–H groups in total. The molecular weight excluding hydrogens is 201 g/mol. The molecule has 0 aliphatic heterocycles. The highest BCUT2D eigenvalue weighted by molar-refractivity contribution is 7.52. The monoisotopic (exact) mass is 219 g/mol. The maximum Gasteiger partial charge on any atom is 0.330 e. The lowest BCUT2D eigenvalue weighted by atomic mass is 9.79. The molecule has 0 saturated carbocycles. The van der Waals surface area contributed by atoms with Crippen LogP contribution in [-0.4, -0.2) is 15.4 Å². The lowest BCUT2D eigenvalue weighted by Crippen LogP contribution is -2.32. The normalized spacial score (nSPS) is 14.9. The molecule has 5 heteroatoms. The van der Waals surface area contributed by atoms with Gasteiger partial charge in [-0.2, -0.15) is 5.26 Å². The van der Waals surface area contributed by atoms with Crippen LogP contribution in [0.1, 0.15) is 40.0 Å². The zero-order valence-electron chi connectivity index (χ0n) is 8.90. The second-order valence-corrected chi connectivity index (χ2v) is 5.29. The molecule has 0 aromatic heterocycles. The summed E-state index contributed by atoms with van der Waals surface area (Å²) in [6, 6.07) is 2.08. The van der Waals surface area contributed by atoms with Crippen molar-refractivity contribution in [3.05, 3.63) is 0 Å². The van der Waals surface area contributed by atoms with Crippen molar-refractivity contribution in [3.63, 3.8) is 0 Å². The van der Waals surface area contributed by atoms with E-state index in [0.717, 1.165) is 0 Å². The average Bonchev–Trinajstić information content (AvgIpc) is 2.12. The standard InChI is InChI=1S/C9H18NO3P/c1-4-8(14(11,12)13)9(5-2,6-3)7-10/h8H,4-6H2,1-3H3,(H2,11,12,13). The van der Waals surface area contributed by atoms with E-state index in [9.17, 15) is 4.57 Å². The minimum atomic E-state index is -4.17. The van der Waals surface area contributed by atoms with E-state index in [1.165, 1.54) is 0 Å². The molecular formula is C9H18NO3P. The SMILES string of the molecule is CCC(C(C#N)(CC)CC)P(=O)(O)O. The molecule has 0 radical (unpaired) electrons. The van der Waals surface area contributed by atoms with E-state index in [0.29, 0.717) is 19.3 Å². The summed E-state index contributed by atoms with van der Waals surface area (Å²) in [5, 5.41) is 9.05. The summed E-state index contributed by atoms with van der Waals surface area (Å²) in [6.07, 6.45) is 1.28. The Morgan fingerprint density at radius 3 is 1.86 bits per heavy atom. The average molecular weight is 219 g/mol. The van der Waals surface area contributed by atoms with Gasteiger partial charge in [0.05, 0.1) is 17.1 Å². The largest absolute Gasteiger partial charge is 0.330 e. The number of nitriles is 1. The summed E-state index contributed by atoms with van der Waals surface area (Å²) in [5.74, 6) is 0. The first-order valence-corrected chi connectivity index (χ1v) is 6.52. The van der Waals surface area contributed by atoms with E-state index in [-0.39, 0.29) is 0 Å². The Morgan fingerprint density at radius 2 is 1.79 bits per heavy atom. The zero-order chi connectivity index (χ0) is 11.4. The molecule has 1 unspecified atom stereocenters. The van der Waals surface area contributed by atoms with Crippen LogP contribution in [-0.2, 0) is 4.57 Å². The first-order chi connectivity index (χ1) is 6.37. The summed E-state index contributed by atoms with van der Waals surface area (Å²) in [6.45, 7) is 5.30. The van der Waals surface area contributed by atoms with Crippen molar-refractivity contribution in [1.82, 2.24) is 0 Å². The third-order valence-corrected chi connectivity index (χ3v) is 4.59. The molecule has 0 spiro atoms. The van der Waals surface area contributed by atoms with Crippen molar-refractivity contribution >= 4 is 7.60 Å². The van der Waals surface area contributed by atoms with Crippen molar-refractivity contribution < 1.29 is 14.4 Å². The van der Waals surface area contributed by atoms with Gasteiger partial charge in [-0.3, -0.25) is 4.57 Å². The van der Waals surface area contributed by atoms with Gasteiger partial charge in [0.2, 0.25) is 0 Å². The van der Waals surface area contributed by atoms with Crippen LogP contribution < -0.4 is 0 Å². The van der Waals surface area contributed by atoms with Gasteiger partial charge in [-0.1, -0.05) is 20.8 Å². The predicted octanol–water partition coefficient (Wildman–Crippen LogP) is 2.27. The molecule has 0 saturated heterocycles. The summed E-state index contributed by atoms with van der Waals surface area (Å²) in [5.41, 5.74) is -1.72. The van der Waals surface area contributed by atoms with E-state index in [1.807, 2.05) is 0 Å².